The zero-order chi connectivity index (χ0) is 22.6. The fourth-order valence-corrected chi connectivity index (χ4v) is 6.28. The summed E-state index contributed by atoms with van der Waals surface area (Å²) in [6.07, 6.45) is 10.5. The van der Waals surface area contributed by atoms with Crippen molar-refractivity contribution in [2.24, 2.45) is 0 Å². The van der Waals surface area contributed by atoms with Gasteiger partial charge in [-0.25, -0.2) is 13.4 Å². The third-order valence-electron chi connectivity index (χ3n) is 5.63. The van der Waals surface area contributed by atoms with Crippen molar-refractivity contribution in [3.8, 4) is 16.2 Å². The first-order valence-corrected chi connectivity index (χ1v) is 13.1. The molecule has 0 saturated heterocycles. The molecule has 0 unspecified atom stereocenters. The van der Waals surface area contributed by atoms with Crippen LogP contribution in [0.2, 0.25) is 0 Å². The quantitative estimate of drug-likeness (QED) is 0.444. The number of hydrogen-bond donors (Lipinski definition) is 2. The number of thiazole rings is 1. The minimum Gasteiger partial charge on any atom is -0.495 e. The SMILES string of the molecule is COc1ccc(-c2sc(NC3CCCCCC3)nc2C)cc1S(=O)(=O)Nc1ccncc1. The molecule has 3 aromatic rings. The normalized spacial score (nSPS) is 15.2. The Morgan fingerprint density at radius 1 is 1.06 bits per heavy atom. The van der Waals surface area contributed by atoms with E-state index in [1.54, 1.807) is 35.6 Å². The topological polar surface area (TPSA) is 93.2 Å². The minimum absolute atomic E-state index is 0.0837. The number of pyridine rings is 1. The Morgan fingerprint density at radius 3 is 2.47 bits per heavy atom. The standard InChI is InChI=1S/C23H28N4O3S2/c1-16-22(31-23(25-16)26-18-7-5-3-4-6-8-18)17-9-10-20(30-2)21(15-17)32(28,29)27-19-11-13-24-14-12-19/h9-15,18H,3-8H2,1-2H3,(H,24,27)(H,25,26). The number of nitrogens with one attached hydrogen (secondary N) is 2. The summed E-state index contributed by atoms with van der Waals surface area (Å²) < 4.78 is 34.2. The Morgan fingerprint density at radius 2 is 1.78 bits per heavy atom. The van der Waals surface area contributed by atoms with Gasteiger partial charge >= 0.3 is 0 Å². The fraction of sp³-hybridized carbons (Fsp3) is 0.391. The van der Waals surface area contributed by atoms with Crippen LogP contribution in [-0.2, 0) is 10.0 Å². The molecule has 1 aromatic carbocycles. The summed E-state index contributed by atoms with van der Waals surface area (Å²) >= 11 is 1.56. The third kappa shape index (κ3) is 5.21. The second kappa shape index (κ2) is 9.87. The third-order valence-corrected chi connectivity index (χ3v) is 8.17. The average molecular weight is 473 g/mol. The molecule has 0 atom stereocenters. The van der Waals surface area contributed by atoms with E-state index in [4.69, 9.17) is 9.72 Å². The van der Waals surface area contributed by atoms with E-state index in [2.05, 4.69) is 15.0 Å². The molecule has 7 nitrogen and oxygen atoms in total. The molecule has 0 aliphatic heterocycles. The highest BCUT2D eigenvalue weighted by molar-refractivity contribution is 7.92. The van der Waals surface area contributed by atoms with Crippen LogP contribution in [0.4, 0.5) is 10.8 Å². The summed E-state index contributed by atoms with van der Waals surface area (Å²) in [7, 11) is -2.39. The van der Waals surface area contributed by atoms with Gasteiger partial charge in [-0.2, -0.15) is 0 Å². The smallest absolute Gasteiger partial charge is 0.265 e. The highest BCUT2D eigenvalue weighted by Crippen LogP contribution is 2.37. The number of rotatable bonds is 7. The number of aryl methyl sites for hydroxylation is 1. The second-order valence-corrected chi connectivity index (χ2v) is 10.6. The van der Waals surface area contributed by atoms with E-state index in [-0.39, 0.29) is 10.6 Å². The van der Waals surface area contributed by atoms with Gasteiger partial charge in [0.1, 0.15) is 10.6 Å². The molecule has 170 valence electrons. The van der Waals surface area contributed by atoms with Gasteiger partial charge in [0.15, 0.2) is 5.13 Å². The number of aromatic nitrogens is 2. The molecule has 2 aromatic heterocycles. The van der Waals surface area contributed by atoms with Gasteiger partial charge in [-0.05, 0) is 55.7 Å². The first-order valence-electron chi connectivity index (χ1n) is 10.8. The Balaban J connectivity index is 1.63. The Labute approximate surface area is 193 Å². The van der Waals surface area contributed by atoms with Crippen LogP contribution in [0.1, 0.15) is 44.2 Å². The lowest BCUT2D eigenvalue weighted by molar-refractivity contribution is 0.403. The van der Waals surface area contributed by atoms with Crippen LogP contribution in [0.5, 0.6) is 5.75 Å². The molecule has 0 spiro atoms. The van der Waals surface area contributed by atoms with Crippen molar-refractivity contribution in [2.45, 2.75) is 56.4 Å². The highest BCUT2D eigenvalue weighted by Gasteiger charge is 2.22. The second-order valence-electron chi connectivity index (χ2n) is 7.97. The van der Waals surface area contributed by atoms with Crippen LogP contribution in [0.25, 0.3) is 10.4 Å². The molecule has 1 fully saturated rings. The monoisotopic (exact) mass is 472 g/mol. The molecule has 32 heavy (non-hydrogen) atoms. The maximum Gasteiger partial charge on any atom is 0.265 e. The summed E-state index contributed by atoms with van der Waals surface area (Å²) in [5, 5.41) is 4.49. The van der Waals surface area contributed by atoms with Crippen LogP contribution in [-0.4, -0.2) is 31.5 Å². The van der Waals surface area contributed by atoms with Crippen molar-refractivity contribution < 1.29 is 13.2 Å². The predicted octanol–water partition coefficient (Wildman–Crippen LogP) is 5.46. The Bertz CT molecular complexity index is 1160. The summed E-state index contributed by atoms with van der Waals surface area (Å²) in [6, 6.07) is 8.87. The van der Waals surface area contributed by atoms with Crippen LogP contribution >= 0.6 is 11.3 Å². The van der Waals surface area contributed by atoms with Crippen molar-refractivity contribution in [3.63, 3.8) is 0 Å². The first-order chi connectivity index (χ1) is 15.5. The molecule has 2 heterocycles. The van der Waals surface area contributed by atoms with Gasteiger partial charge in [0.2, 0.25) is 0 Å². The molecule has 0 bridgehead atoms. The molecular weight excluding hydrogens is 444 g/mol. The van der Waals surface area contributed by atoms with Gasteiger partial charge in [-0.1, -0.05) is 37.0 Å². The number of sulfonamides is 1. The van der Waals surface area contributed by atoms with Crippen molar-refractivity contribution in [1.82, 2.24) is 9.97 Å². The predicted molar refractivity (Wildman–Crippen MR) is 129 cm³/mol. The lowest BCUT2D eigenvalue weighted by Crippen LogP contribution is -2.17. The van der Waals surface area contributed by atoms with Crippen LogP contribution in [0.15, 0.2) is 47.6 Å². The van der Waals surface area contributed by atoms with Gasteiger partial charge in [0, 0.05) is 18.4 Å². The number of benzene rings is 1. The summed E-state index contributed by atoms with van der Waals surface area (Å²) in [5.74, 6) is 0.286. The van der Waals surface area contributed by atoms with Crippen molar-refractivity contribution in [3.05, 3.63) is 48.4 Å². The minimum atomic E-state index is -3.85. The molecule has 1 saturated carbocycles. The first kappa shape index (κ1) is 22.5. The van der Waals surface area contributed by atoms with E-state index in [1.165, 1.54) is 58.0 Å². The number of hydrogen-bond acceptors (Lipinski definition) is 7. The van der Waals surface area contributed by atoms with Crippen LogP contribution in [0, 0.1) is 6.92 Å². The number of methoxy groups -OCH3 is 1. The molecule has 2 N–H and O–H groups in total. The fourth-order valence-electron chi connectivity index (χ4n) is 3.98. The number of nitrogens with zero attached hydrogens (tertiary/aromatic N) is 2. The van der Waals surface area contributed by atoms with Crippen molar-refractivity contribution in [1.29, 1.82) is 0 Å². The molecular formula is C23H28N4O3S2. The number of anilines is 2. The lowest BCUT2D eigenvalue weighted by atomic mass is 10.1. The maximum atomic E-state index is 13.1. The van der Waals surface area contributed by atoms with Crippen molar-refractivity contribution in [2.75, 3.05) is 17.1 Å². The molecule has 9 heteroatoms. The van der Waals surface area contributed by atoms with E-state index < -0.39 is 10.0 Å². The average Bonchev–Trinajstić information content (AvgIpc) is 2.97. The van der Waals surface area contributed by atoms with Crippen molar-refractivity contribution >= 4 is 32.2 Å². The summed E-state index contributed by atoms with van der Waals surface area (Å²) in [6.45, 7) is 1.96. The molecule has 1 aliphatic carbocycles. The van der Waals surface area contributed by atoms with Gasteiger partial charge in [0.05, 0.1) is 23.4 Å². The largest absolute Gasteiger partial charge is 0.495 e. The van der Waals surface area contributed by atoms with Crippen LogP contribution < -0.4 is 14.8 Å². The zero-order valence-corrected chi connectivity index (χ0v) is 19.9. The molecule has 4 rings (SSSR count). The molecule has 0 radical (unpaired) electrons. The van der Waals surface area contributed by atoms with E-state index in [0.29, 0.717) is 11.7 Å². The summed E-state index contributed by atoms with van der Waals surface area (Å²) in [4.78, 5) is 9.67. The van der Waals surface area contributed by atoms with Gasteiger partial charge in [0.25, 0.3) is 10.0 Å². The Kier molecular flexibility index (Phi) is 6.95. The van der Waals surface area contributed by atoms with Gasteiger partial charge in [-0.3, -0.25) is 9.71 Å². The Hall–Kier alpha value is -2.65. The maximum absolute atomic E-state index is 13.1. The van der Waals surface area contributed by atoms with Gasteiger partial charge in [-0.15, -0.1) is 0 Å². The van der Waals surface area contributed by atoms with E-state index >= 15 is 0 Å². The van der Waals surface area contributed by atoms with Crippen LogP contribution in [0.3, 0.4) is 0 Å². The molecule has 1 aliphatic rings. The number of ether oxygens (including phenoxy) is 1. The van der Waals surface area contributed by atoms with E-state index in [0.717, 1.165) is 21.3 Å². The summed E-state index contributed by atoms with van der Waals surface area (Å²) in [5.41, 5.74) is 2.11. The van der Waals surface area contributed by atoms with Gasteiger partial charge < -0.3 is 10.1 Å². The highest BCUT2D eigenvalue weighted by atomic mass is 32.2. The molecule has 0 amide bonds. The van der Waals surface area contributed by atoms with E-state index in [9.17, 15) is 8.42 Å². The lowest BCUT2D eigenvalue weighted by Gasteiger charge is -2.14. The zero-order valence-electron chi connectivity index (χ0n) is 18.3. The van der Waals surface area contributed by atoms with E-state index in [1.807, 2.05) is 13.0 Å².